The largest absolute Gasteiger partial charge is 0.453 e. The Bertz CT molecular complexity index is 691. The van der Waals surface area contributed by atoms with Crippen LogP contribution < -0.4 is 5.73 Å². The van der Waals surface area contributed by atoms with Gasteiger partial charge in [-0.3, -0.25) is 4.98 Å². The van der Waals surface area contributed by atoms with Gasteiger partial charge < -0.3 is 10.2 Å². The molecule has 0 unspecified atom stereocenters. The number of nitrogens with zero attached hydrogens (tertiary/aromatic N) is 1. The number of hydrogen-bond donors (Lipinski definition) is 1. The molecule has 0 spiro atoms. The van der Waals surface area contributed by atoms with Crippen LogP contribution in [0.4, 0.5) is 5.69 Å². The number of furan rings is 1. The van der Waals surface area contributed by atoms with E-state index in [2.05, 4.69) is 20.9 Å². The molecule has 3 aromatic rings. The Morgan fingerprint density at radius 2 is 2.06 bits per heavy atom. The van der Waals surface area contributed by atoms with Crippen LogP contribution in [-0.4, -0.2) is 4.98 Å². The van der Waals surface area contributed by atoms with Crippen molar-refractivity contribution in [2.45, 2.75) is 0 Å². The number of pyridine rings is 1. The topological polar surface area (TPSA) is 52.0 Å². The third-order valence-corrected chi connectivity index (χ3v) is 3.16. The lowest BCUT2D eigenvalue weighted by atomic mass is 10.2. The number of anilines is 1. The molecule has 3 rings (SSSR count). The molecule has 3 nitrogen and oxygen atoms in total. The first-order chi connectivity index (χ1) is 8.24. The predicted octanol–water partition coefficient (Wildman–Crippen LogP) is 3.84. The molecule has 0 amide bonds. The third-order valence-electron chi connectivity index (χ3n) is 2.53. The van der Waals surface area contributed by atoms with Gasteiger partial charge in [-0.05, 0) is 40.2 Å². The minimum atomic E-state index is 0.675. The minimum Gasteiger partial charge on any atom is -0.453 e. The van der Waals surface area contributed by atoms with Crippen molar-refractivity contribution in [3.63, 3.8) is 0 Å². The molecule has 0 fully saturated rings. The molecule has 2 aromatic heterocycles. The lowest BCUT2D eigenvalue weighted by molar-refractivity contribution is 0.627. The van der Waals surface area contributed by atoms with Gasteiger partial charge in [-0.1, -0.05) is 12.1 Å². The minimum absolute atomic E-state index is 0.675. The Morgan fingerprint density at radius 3 is 2.82 bits per heavy atom. The molecule has 17 heavy (non-hydrogen) atoms. The summed E-state index contributed by atoms with van der Waals surface area (Å²) >= 11 is 3.46. The van der Waals surface area contributed by atoms with Gasteiger partial charge in [0.05, 0.1) is 4.47 Å². The Morgan fingerprint density at radius 1 is 1.18 bits per heavy atom. The van der Waals surface area contributed by atoms with Crippen LogP contribution in [0.25, 0.3) is 22.4 Å². The standard InChI is InChI=1S/C13H9BrN2O/c14-10-3-1-2-8-6-12(17-13(8)10)11-7-9(15)4-5-16-11/h1-7H,(H2,15,16). The number of rotatable bonds is 1. The van der Waals surface area contributed by atoms with Crippen LogP contribution in [-0.2, 0) is 0 Å². The van der Waals surface area contributed by atoms with E-state index in [0.717, 1.165) is 26.9 Å². The van der Waals surface area contributed by atoms with Gasteiger partial charge in [0.25, 0.3) is 0 Å². The SMILES string of the molecule is Nc1ccnc(-c2cc3cccc(Br)c3o2)c1. The van der Waals surface area contributed by atoms with Crippen molar-refractivity contribution < 1.29 is 4.42 Å². The summed E-state index contributed by atoms with van der Waals surface area (Å²) in [5.41, 5.74) is 7.97. The molecule has 0 radical (unpaired) electrons. The highest BCUT2D eigenvalue weighted by atomic mass is 79.9. The molecular weight excluding hydrogens is 280 g/mol. The van der Waals surface area contributed by atoms with E-state index in [4.69, 9.17) is 10.2 Å². The van der Waals surface area contributed by atoms with E-state index >= 15 is 0 Å². The smallest absolute Gasteiger partial charge is 0.153 e. The van der Waals surface area contributed by atoms with E-state index in [1.807, 2.05) is 24.3 Å². The van der Waals surface area contributed by atoms with Crippen LogP contribution in [0.2, 0.25) is 0 Å². The number of aromatic nitrogens is 1. The van der Waals surface area contributed by atoms with Crippen molar-refractivity contribution in [2.24, 2.45) is 0 Å². The second kappa shape index (κ2) is 3.89. The molecule has 0 aliphatic heterocycles. The maximum absolute atomic E-state index is 5.77. The molecule has 0 atom stereocenters. The Kier molecular flexibility index (Phi) is 2.37. The van der Waals surface area contributed by atoms with E-state index in [9.17, 15) is 0 Å². The molecule has 0 saturated carbocycles. The van der Waals surface area contributed by atoms with Gasteiger partial charge in [-0.15, -0.1) is 0 Å². The number of para-hydroxylation sites is 1. The molecule has 4 heteroatoms. The summed E-state index contributed by atoms with van der Waals surface area (Å²) in [6, 6.07) is 11.4. The lowest BCUT2D eigenvalue weighted by Crippen LogP contribution is -1.86. The van der Waals surface area contributed by atoms with E-state index in [-0.39, 0.29) is 0 Å². The van der Waals surface area contributed by atoms with E-state index in [1.54, 1.807) is 18.3 Å². The second-order valence-corrected chi connectivity index (χ2v) is 4.60. The Balaban J connectivity index is 2.22. The fraction of sp³-hybridized carbons (Fsp3) is 0. The molecule has 0 saturated heterocycles. The maximum atomic E-state index is 5.77. The van der Waals surface area contributed by atoms with Gasteiger partial charge >= 0.3 is 0 Å². The molecule has 2 heterocycles. The summed E-state index contributed by atoms with van der Waals surface area (Å²) < 4.78 is 6.71. The van der Waals surface area contributed by atoms with Gasteiger partial charge in [0.2, 0.25) is 0 Å². The zero-order chi connectivity index (χ0) is 11.8. The van der Waals surface area contributed by atoms with Crippen molar-refractivity contribution >= 4 is 32.6 Å². The zero-order valence-electron chi connectivity index (χ0n) is 8.85. The Hall–Kier alpha value is -1.81. The second-order valence-electron chi connectivity index (χ2n) is 3.74. The summed E-state index contributed by atoms with van der Waals surface area (Å²) in [7, 11) is 0. The van der Waals surface area contributed by atoms with Crippen molar-refractivity contribution in [3.05, 3.63) is 47.1 Å². The first kappa shape index (κ1) is 10.4. The van der Waals surface area contributed by atoms with Gasteiger partial charge in [-0.2, -0.15) is 0 Å². The summed E-state index contributed by atoms with van der Waals surface area (Å²) in [6.07, 6.45) is 1.67. The molecule has 2 N–H and O–H groups in total. The fourth-order valence-corrected chi connectivity index (χ4v) is 2.20. The van der Waals surface area contributed by atoms with Crippen molar-refractivity contribution in [1.82, 2.24) is 4.98 Å². The van der Waals surface area contributed by atoms with Gasteiger partial charge in [-0.25, -0.2) is 0 Å². The number of halogens is 1. The van der Waals surface area contributed by atoms with E-state index < -0.39 is 0 Å². The summed E-state index contributed by atoms with van der Waals surface area (Å²) in [5.74, 6) is 0.721. The highest BCUT2D eigenvalue weighted by Gasteiger charge is 2.09. The first-order valence-electron chi connectivity index (χ1n) is 5.14. The van der Waals surface area contributed by atoms with Crippen LogP contribution in [0.1, 0.15) is 0 Å². The number of fused-ring (bicyclic) bond motifs is 1. The van der Waals surface area contributed by atoms with Gasteiger partial charge in [0.1, 0.15) is 11.3 Å². The highest BCUT2D eigenvalue weighted by Crippen LogP contribution is 2.31. The summed E-state index contributed by atoms with van der Waals surface area (Å²) in [4.78, 5) is 4.25. The van der Waals surface area contributed by atoms with Crippen LogP contribution in [0, 0.1) is 0 Å². The number of nitrogen functional groups attached to an aromatic ring is 1. The highest BCUT2D eigenvalue weighted by molar-refractivity contribution is 9.10. The average molecular weight is 289 g/mol. The van der Waals surface area contributed by atoms with Crippen molar-refractivity contribution in [1.29, 1.82) is 0 Å². The monoisotopic (exact) mass is 288 g/mol. The molecule has 0 aliphatic rings. The van der Waals surface area contributed by atoms with Crippen LogP contribution in [0.5, 0.6) is 0 Å². The maximum Gasteiger partial charge on any atom is 0.153 e. The number of hydrogen-bond acceptors (Lipinski definition) is 3. The Labute approximate surface area is 106 Å². The lowest BCUT2D eigenvalue weighted by Gasteiger charge is -1.96. The zero-order valence-corrected chi connectivity index (χ0v) is 10.4. The van der Waals surface area contributed by atoms with Crippen LogP contribution >= 0.6 is 15.9 Å². The van der Waals surface area contributed by atoms with Crippen LogP contribution in [0.15, 0.2) is 51.5 Å². The third kappa shape index (κ3) is 1.80. The van der Waals surface area contributed by atoms with Gasteiger partial charge in [0, 0.05) is 17.3 Å². The quantitative estimate of drug-likeness (QED) is 0.740. The van der Waals surface area contributed by atoms with Crippen LogP contribution in [0.3, 0.4) is 0 Å². The molecule has 0 bridgehead atoms. The van der Waals surface area contributed by atoms with E-state index in [0.29, 0.717) is 5.69 Å². The fourth-order valence-electron chi connectivity index (χ4n) is 1.74. The molecular formula is C13H9BrN2O. The summed E-state index contributed by atoms with van der Waals surface area (Å²) in [6.45, 7) is 0. The summed E-state index contributed by atoms with van der Waals surface area (Å²) in [5, 5.41) is 1.04. The number of benzene rings is 1. The first-order valence-corrected chi connectivity index (χ1v) is 5.93. The molecule has 84 valence electrons. The average Bonchev–Trinajstić information content (AvgIpc) is 2.74. The predicted molar refractivity (Wildman–Crippen MR) is 71.6 cm³/mol. The number of nitrogens with two attached hydrogens (primary N) is 1. The van der Waals surface area contributed by atoms with Gasteiger partial charge in [0.15, 0.2) is 5.76 Å². The van der Waals surface area contributed by atoms with Crippen molar-refractivity contribution in [2.75, 3.05) is 5.73 Å². The molecule has 0 aliphatic carbocycles. The molecule has 1 aromatic carbocycles. The van der Waals surface area contributed by atoms with Crippen molar-refractivity contribution in [3.8, 4) is 11.5 Å². The van der Waals surface area contributed by atoms with E-state index in [1.165, 1.54) is 0 Å². The normalized spacial score (nSPS) is 10.9.